The third-order valence-corrected chi connectivity index (χ3v) is 7.89. The van der Waals surface area contributed by atoms with Gasteiger partial charge in [-0.25, -0.2) is 0 Å². The van der Waals surface area contributed by atoms with Crippen molar-refractivity contribution in [1.29, 1.82) is 0 Å². The highest BCUT2D eigenvalue weighted by Crippen LogP contribution is 2.38. The number of thioether (sulfide) groups is 1. The standard InChI is InChI=1S/C25H18BrClINO4S/c1-32-21-11-15(10-20(28)23(21)33-14-17-7-3-5-9-19(17)27)12-22-24(30)29(25(31)34-22)13-16-6-2-4-8-18(16)26/h2-12H,13-14H2,1H3/b22-12-. The van der Waals surface area contributed by atoms with E-state index in [1.165, 1.54) is 4.90 Å². The summed E-state index contributed by atoms with van der Waals surface area (Å²) in [4.78, 5) is 27.1. The van der Waals surface area contributed by atoms with Crippen molar-refractivity contribution in [3.05, 3.63) is 95.3 Å². The van der Waals surface area contributed by atoms with Crippen molar-refractivity contribution >= 4 is 79.1 Å². The van der Waals surface area contributed by atoms with E-state index in [9.17, 15) is 9.59 Å². The van der Waals surface area contributed by atoms with E-state index < -0.39 is 0 Å². The van der Waals surface area contributed by atoms with Gasteiger partial charge in [-0.2, -0.15) is 0 Å². The molecule has 0 bridgehead atoms. The number of benzene rings is 3. The van der Waals surface area contributed by atoms with Crippen LogP contribution in [0.25, 0.3) is 6.08 Å². The molecule has 0 radical (unpaired) electrons. The SMILES string of the molecule is COc1cc(/C=C2\SC(=O)N(Cc3ccccc3Br)C2=O)cc(I)c1OCc1ccccc1Cl. The van der Waals surface area contributed by atoms with Gasteiger partial charge in [0.05, 0.1) is 22.1 Å². The van der Waals surface area contributed by atoms with Crippen molar-refractivity contribution in [2.75, 3.05) is 7.11 Å². The summed E-state index contributed by atoms with van der Waals surface area (Å²) < 4.78 is 13.2. The van der Waals surface area contributed by atoms with Crippen molar-refractivity contribution in [2.45, 2.75) is 13.2 Å². The number of carbonyl (C=O) groups excluding carboxylic acids is 2. The zero-order chi connectivity index (χ0) is 24.2. The van der Waals surface area contributed by atoms with E-state index in [4.69, 9.17) is 21.1 Å². The van der Waals surface area contributed by atoms with E-state index in [0.29, 0.717) is 28.0 Å². The van der Waals surface area contributed by atoms with Gasteiger partial charge in [-0.3, -0.25) is 14.5 Å². The number of carbonyl (C=O) groups is 2. The quantitative estimate of drug-likeness (QED) is 0.192. The molecule has 0 saturated carbocycles. The van der Waals surface area contributed by atoms with Gasteiger partial charge in [0, 0.05) is 15.1 Å². The van der Waals surface area contributed by atoms with E-state index in [1.807, 2.05) is 54.6 Å². The molecule has 174 valence electrons. The van der Waals surface area contributed by atoms with E-state index in [1.54, 1.807) is 19.3 Å². The normalized spacial score (nSPS) is 14.7. The van der Waals surface area contributed by atoms with Crippen molar-refractivity contribution in [2.24, 2.45) is 0 Å². The summed E-state index contributed by atoms with van der Waals surface area (Å²) >= 11 is 12.8. The van der Waals surface area contributed by atoms with Crippen molar-refractivity contribution in [3.63, 3.8) is 0 Å². The molecule has 0 N–H and O–H groups in total. The molecule has 0 atom stereocenters. The van der Waals surface area contributed by atoms with Gasteiger partial charge in [0.25, 0.3) is 11.1 Å². The van der Waals surface area contributed by atoms with Crippen LogP contribution in [-0.4, -0.2) is 23.2 Å². The number of methoxy groups -OCH3 is 1. The van der Waals surface area contributed by atoms with Crippen LogP contribution in [0.15, 0.2) is 70.0 Å². The maximum Gasteiger partial charge on any atom is 0.293 e. The first-order chi connectivity index (χ1) is 16.4. The Morgan fingerprint density at radius 1 is 1.09 bits per heavy atom. The number of hydrogen-bond acceptors (Lipinski definition) is 5. The molecule has 9 heteroatoms. The molecular formula is C25H18BrClINO4S. The zero-order valence-corrected chi connectivity index (χ0v) is 23.2. The van der Waals surface area contributed by atoms with Crippen LogP contribution in [0.3, 0.4) is 0 Å². The Morgan fingerprint density at radius 2 is 1.79 bits per heavy atom. The summed E-state index contributed by atoms with van der Waals surface area (Å²) in [5.74, 6) is 0.790. The summed E-state index contributed by atoms with van der Waals surface area (Å²) in [6, 6.07) is 18.7. The Hall–Kier alpha value is -2.01. The van der Waals surface area contributed by atoms with Gasteiger partial charge in [0.2, 0.25) is 0 Å². The summed E-state index contributed by atoms with van der Waals surface area (Å²) in [6.07, 6.45) is 1.70. The predicted molar refractivity (Wildman–Crippen MR) is 147 cm³/mol. The number of ether oxygens (including phenoxy) is 2. The lowest BCUT2D eigenvalue weighted by Gasteiger charge is -2.14. The van der Waals surface area contributed by atoms with E-state index in [0.717, 1.165) is 36.5 Å². The summed E-state index contributed by atoms with van der Waals surface area (Å²) in [5.41, 5.74) is 2.46. The molecule has 1 fully saturated rings. The van der Waals surface area contributed by atoms with Crippen molar-refractivity contribution in [3.8, 4) is 11.5 Å². The van der Waals surface area contributed by atoms with Crippen molar-refractivity contribution < 1.29 is 19.1 Å². The molecule has 1 saturated heterocycles. The number of hydrogen-bond donors (Lipinski definition) is 0. The second-order valence-corrected chi connectivity index (χ2v) is 10.7. The van der Waals surface area contributed by atoms with Gasteiger partial charge in [0.15, 0.2) is 11.5 Å². The van der Waals surface area contributed by atoms with Gasteiger partial charge in [0.1, 0.15) is 6.61 Å². The lowest BCUT2D eigenvalue weighted by atomic mass is 10.1. The Balaban J connectivity index is 1.55. The largest absolute Gasteiger partial charge is 0.493 e. The fourth-order valence-electron chi connectivity index (χ4n) is 3.31. The molecule has 0 unspecified atom stereocenters. The van der Waals surface area contributed by atoms with Gasteiger partial charge < -0.3 is 9.47 Å². The second-order valence-electron chi connectivity index (χ2n) is 7.27. The van der Waals surface area contributed by atoms with Crippen LogP contribution in [0.5, 0.6) is 11.5 Å². The maximum absolute atomic E-state index is 13.0. The summed E-state index contributed by atoms with van der Waals surface area (Å²) in [7, 11) is 1.56. The smallest absolute Gasteiger partial charge is 0.293 e. The lowest BCUT2D eigenvalue weighted by molar-refractivity contribution is -0.123. The highest BCUT2D eigenvalue weighted by Gasteiger charge is 2.35. The number of amides is 2. The Kier molecular flexibility index (Phi) is 8.23. The number of nitrogens with zero attached hydrogens (tertiary/aromatic N) is 1. The Morgan fingerprint density at radius 3 is 2.50 bits per heavy atom. The first kappa shape index (κ1) is 25.1. The van der Waals surface area contributed by atoms with E-state index in [-0.39, 0.29) is 17.7 Å². The highest BCUT2D eigenvalue weighted by atomic mass is 127. The van der Waals surface area contributed by atoms with Gasteiger partial charge in [-0.15, -0.1) is 0 Å². The number of rotatable bonds is 7. The predicted octanol–water partition coefficient (Wildman–Crippen LogP) is 7.53. The van der Waals surface area contributed by atoms with Crippen LogP contribution < -0.4 is 9.47 Å². The maximum atomic E-state index is 13.0. The molecule has 5 nitrogen and oxygen atoms in total. The fourth-order valence-corrected chi connectivity index (χ4v) is 5.53. The van der Waals surface area contributed by atoms with Gasteiger partial charge in [-0.05, 0) is 75.8 Å². The third-order valence-electron chi connectivity index (χ3n) is 5.04. The molecule has 0 aromatic heterocycles. The van der Waals surface area contributed by atoms with Crippen LogP contribution in [0, 0.1) is 3.57 Å². The molecule has 4 rings (SSSR count). The minimum Gasteiger partial charge on any atom is -0.493 e. The third kappa shape index (κ3) is 5.62. The molecule has 3 aromatic rings. The average molecular weight is 671 g/mol. The van der Waals surface area contributed by atoms with Crippen molar-refractivity contribution in [1.82, 2.24) is 4.90 Å². The molecule has 1 heterocycles. The van der Waals surface area contributed by atoms with Crippen LogP contribution in [0.4, 0.5) is 4.79 Å². The minimum absolute atomic E-state index is 0.207. The van der Waals surface area contributed by atoms with Crippen LogP contribution >= 0.6 is 61.9 Å². The monoisotopic (exact) mass is 669 g/mol. The molecule has 2 amide bonds. The van der Waals surface area contributed by atoms with Crippen LogP contribution in [0.2, 0.25) is 5.02 Å². The number of halogens is 3. The Labute approximate surface area is 228 Å². The lowest BCUT2D eigenvalue weighted by Crippen LogP contribution is -2.27. The highest BCUT2D eigenvalue weighted by molar-refractivity contribution is 14.1. The molecule has 1 aliphatic rings. The van der Waals surface area contributed by atoms with E-state index >= 15 is 0 Å². The van der Waals surface area contributed by atoms with Gasteiger partial charge >= 0.3 is 0 Å². The van der Waals surface area contributed by atoms with Crippen LogP contribution in [0.1, 0.15) is 16.7 Å². The fraction of sp³-hybridized carbons (Fsp3) is 0.120. The molecule has 1 aliphatic heterocycles. The summed E-state index contributed by atoms with van der Waals surface area (Å²) in [6.45, 7) is 0.498. The minimum atomic E-state index is -0.321. The molecule has 0 spiro atoms. The second kappa shape index (κ2) is 11.2. The first-order valence-electron chi connectivity index (χ1n) is 10.1. The Bertz CT molecular complexity index is 1300. The molecule has 0 aliphatic carbocycles. The molecule has 34 heavy (non-hydrogen) atoms. The van der Waals surface area contributed by atoms with Crippen LogP contribution in [-0.2, 0) is 17.9 Å². The first-order valence-corrected chi connectivity index (χ1v) is 13.2. The topological polar surface area (TPSA) is 55.8 Å². The molecular weight excluding hydrogens is 653 g/mol. The average Bonchev–Trinajstić information content (AvgIpc) is 3.07. The zero-order valence-electron chi connectivity index (χ0n) is 17.9. The number of imide groups is 1. The van der Waals surface area contributed by atoms with E-state index in [2.05, 4.69) is 38.5 Å². The molecule has 3 aromatic carbocycles. The van der Waals surface area contributed by atoms with Gasteiger partial charge in [-0.1, -0.05) is 63.9 Å². The summed E-state index contributed by atoms with van der Waals surface area (Å²) in [5, 5.41) is 0.333.